The Morgan fingerprint density at radius 2 is 0.581 bits per heavy atom. The summed E-state index contributed by atoms with van der Waals surface area (Å²) in [6.07, 6.45) is 59.8. The number of hydrogen-bond donors (Lipinski definition) is 0. The van der Waals surface area contributed by atoms with Crippen LogP contribution in [0.3, 0.4) is 0 Å². The van der Waals surface area contributed by atoms with E-state index in [1.165, 1.54) is 161 Å². The number of unbranched alkanes of at least 4 members (excludes halogenated alkanes) is 32. The number of allylic oxidation sites excluding steroid dienone is 6. The molecule has 1 atom stereocenters. The lowest BCUT2D eigenvalue weighted by Gasteiger charge is -2.18. The first-order valence-corrected chi connectivity index (χ1v) is 27.0. The molecule has 0 aliphatic rings. The number of carbonyl (C=O) groups excluding carboxylic acids is 3. The van der Waals surface area contributed by atoms with Gasteiger partial charge in [-0.2, -0.15) is 0 Å². The van der Waals surface area contributed by atoms with E-state index in [4.69, 9.17) is 14.2 Å². The minimum atomic E-state index is -0.778. The molecular formula is C56H102O6. The Labute approximate surface area is 385 Å². The van der Waals surface area contributed by atoms with Gasteiger partial charge >= 0.3 is 17.9 Å². The fourth-order valence-corrected chi connectivity index (χ4v) is 7.76. The number of hydrogen-bond acceptors (Lipinski definition) is 6. The lowest BCUT2D eigenvalue weighted by molar-refractivity contribution is -0.167. The first-order valence-electron chi connectivity index (χ1n) is 27.0. The molecule has 0 unspecified atom stereocenters. The zero-order valence-corrected chi connectivity index (χ0v) is 41.4. The zero-order chi connectivity index (χ0) is 45.1. The molecule has 0 aromatic rings. The molecule has 0 aliphatic heterocycles. The van der Waals surface area contributed by atoms with Crippen molar-refractivity contribution in [3.63, 3.8) is 0 Å². The molecule has 0 amide bonds. The average molecular weight is 871 g/mol. The van der Waals surface area contributed by atoms with E-state index in [1.807, 2.05) is 0 Å². The third-order valence-electron chi connectivity index (χ3n) is 11.9. The molecule has 0 fully saturated rings. The maximum atomic E-state index is 12.8. The van der Waals surface area contributed by atoms with Crippen LogP contribution >= 0.6 is 0 Å². The van der Waals surface area contributed by atoms with E-state index in [0.717, 1.165) is 83.5 Å². The first kappa shape index (κ1) is 59.6. The third kappa shape index (κ3) is 48.7. The fourth-order valence-electron chi connectivity index (χ4n) is 7.76. The van der Waals surface area contributed by atoms with Crippen LogP contribution in [0.1, 0.15) is 284 Å². The summed E-state index contributed by atoms with van der Waals surface area (Å²) >= 11 is 0. The van der Waals surface area contributed by atoms with E-state index in [9.17, 15) is 14.4 Å². The number of ether oxygens (including phenoxy) is 3. The molecule has 0 aromatic carbocycles. The van der Waals surface area contributed by atoms with Crippen molar-refractivity contribution in [2.75, 3.05) is 13.2 Å². The highest BCUT2D eigenvalue weighted by molar-refractivity contribution is 5.71. The van der Waals surface area contributed by atoms with E-state index < -0.39 is 6.10 Å². The highest BCUT2D eigenvalue weighted by Crippen LogP contribution is 2.15. The van der Waals surface area contributed by atoms with E-state index in [-0.39, 0.29) is 31.1 Å². The van der Waals surface area contributed by atoms with Crippen molar-refractivity contribution in [2.45, 2.75) is 290 Å². The van der Waals surface area contributed by atoms with Crippen LogP contribution in [0.25, 0.3) is 0 Å². The highest BCUT2D eigenvalue weighted by atomic mass is 16.6. The van der Waals surface area contributed by atoms with Crippen LogP contribution in [0.2, 0.25) is 0 Å². The van der Waals surface area contributed by atoms with Gasteiger partial charge in [-0.3, -0.25) is 14.4 Å². The van der Waals surface area contributed by atoms with Crippen LogP contribution in [0.4, 0.5) is 0 Å². The third-order valence-corrected chi connectivity index (χ3v) is 11.9. The second-order valence-electron chi connectivity index (χ2n) is 18.1. The molecule has 0 aromatic heterocycles. The number of rotatable bonds is 49. The molecule has 0 saturated heterocycles. The summed E-state index contributed by atoms with van der Waals surface area (Å²) in [5.41, 5.74) is 0. The van der Waals surface area contributed by atoms with Crippen LogP contribution in [0.15, 0.2) is 36.5 Å². The van der Waals surface area contributed by atoms with Gasteiger partial charge < -0.3 is 14.2 Å². The molecule has 6 nitrogen and oxygen atoms in total. The van der Waals surface area contributed by atoms with Crippen molar-refractivity contribution >= 4 is 17.9 Å². The Balaban J connectivity index is 4.39. The van der Waals surface area contributed by atoms with E-state index in [1.54, 1.807) is 0 Å². The predicted octanol–water partition coefficient (Wildman–Crippen LogP) is 17.7. The van der Waals surface area contributed by atoms with Crippen molar-refractivity contribution in [3.05, 3.63) is 36.5 Å². The smallest absolute Gasteiger partial charge is 0.306 e. The van der Waals surface area contributed by atoms with Gasteiger partial charge in [-0.05, 0) is 77.0 Å². The highest BCUT2D eigenvalue weighted by Gasteiger charge is 2.19. The van der Waals surface area contributed by atoms with Crippen LogP contribution in [0, 0.1) is 0 Å². The zero-order valence-electron chi connectivity index (χ0n) is 41.4. The molecule has 6 heteroatoms. The molecule has 0 heterocycles. The summed E-state index contributed by atoms with van der Waals surface area (Å²) in [5.74, 6) is -0.887. The largest absolute Gasteiger partial charge is 0.462 e. The van der Waals surface area contributed by atoms with Crippen LogP contribution in [0.5, 0.6) is 0 Å². The molecule has 62 heavy (non-hydrogen) atoms. The van der Waals surface area contributed by atoms with E-state index in [2.05, 4.69) is 57.2 Å². The first-order chi connectivity index (χ1) is 30.5. The van der Waals surface area contributed by atoms with Gasteiger partial charge in [-0.1, -0.05) is 224 Å². The minimum Gasteiger partial charge on any atom is -0.462 e. The van der Waals surface area contributed by atoms with Crippen molar-refractivity contribution in [1.29, 1.82) is 0 Å². The van der Waals surface area contributed by atoms with Crippen molar-refractivity contribution in [2.24, 2.45) is 0 Å². The quantitative estimate of drug-likeness (QED) is 0.0262. The summed E-state index contributed by atoms with van der Waals surface area (Å²) in [6, 6.07) is 0. The topological polar surface area (TPSA) is 78.9 Å². The van der Waals surface area contributed by atoms with E-state index in [0.29, 0.717) is 19.3 Å². The van der Waals surface area contributed by atoms with Crippen LogP contribution < -0.4 is 0 Å². The molecule has 0 spiro atoms. The van der Waals surface area contributed by atoms with Crippen LogP contribution in [-0.2, 0) is 28.6 Å². The van der Waals surface area contributed by atoms with E-state index >= 15 is 0 Å². The molecule has 0 rings (SSSR count). The lowest BCUT2D eigenvalue weighted by atomic mass is 10.0. The molecule has 0 aliphatic carbocycles. The summed E-state index contributed by atoms with van der Waals surface area (Å²) in [4.78, 5) is 38.0. The SMILES string of the molecule is CCCCC/C=C\C/C=C\CCCCCCCC(=O)OC[C@@H](COC(=O)CCCCCCCCCCCCCCCC)OC(=O)CCCCCCC/C=C\CCCCCCCC. The number of esters is 3. The lowest BCUT2D eigenvalue weighted by Crippen LogP contribution is -2.30. The van der Waals surface area contributed by atoms with Gasteiger partial charge in [-0.25, -0.2) is 0 Å². The Kier molecular flexibility index (Phi) is 49.3. The number of carbonyl (C=O) groups is 3. The summed E-state index contributed by atoms with van der Waals surface area (Å²) in [6.45, 7) is 6.61. The van der Waals surface area contributed by atoms with Gasteiger partial charge in [0, 0.05) is 19.3 Å². The summed E-state index contributed by atoms with van der Waals surface area (Å²) in [7, 11) is 0. The fraction of sp³-hybridized carbons (Fsp3) is 0.839. The molecule has 0 saturated carbocycles. The molecular weight excluding hydrogens is 769 g/mol. The average Bonchev–Trinajstić information content (AvgIpc) is 3.27. The second kappa shape index (κ2) is 51.3. The Morgan fingerprint density at radius 3 is 0.935 bits per heavy atom. The Hall–Kier alpha value is -2.37. The van der Waals surface area contributed by atoms with Gasteiger partial charge in [0.25, 0.3) is 0 Å². The van der Waals surface area contributed by atoms with Gasteiger partial charge in [-0.15, -0.1) is 0 Å². The van der Waals surface area contributed by atoms with Crippen molar-refractivity contribution in [1.82, 2.24) is 0 Å². The molecule has 0 radical (unpaired) electrons. The minimum absolute atomic E-state index is 0.0769. The van der Waals surface area contributed by atoms with Crippen LogP contribution in [-0.4, -0.2) is 37.2 Å². The standard InChI is InChI=1S/C56H102O6/c1-4-7-10-13-16-19-22-25-28-31-34-37-40-43-46-49-55(58)61-52-53(51-60-54(57)48-45-42-39-36-33-30-27-24-21-18-15-12-9-6-3)62-56(59)50-47-44-41-38-35-32-29-26-23-20-17-14-11-8-5-2/h16,19,25-26,28-29,53H,4-15,17-18,20-24,27,30-52H2,1-3H3/b19-16-,28-25-,29-26-/t53-/m1/s1. The van der Waals surface area contributed by atoms with Gasteiger partial charge in [0.15, 0.2) is 6.10 Å². The Morgan fingerprint density at radius 1 is 0.323 bits per heavy atom. The summed E-state index contributed by atoms with van der Waals surface area (Å²) < 4.78 is 16.8. The molecule has 0 bridgehead atoms. The van der Waals surface area contributed by atoms with Gasteiger partial charge in [0.2, 0.25) is 0 Å². The van der Waals surface area contributed by atoms with Crippen molar-refractivity contribution < 1.29 is 28.6 Å². The Bertz CT molecular complexity index is 1050. The maximum Gasteiger partial charge on any atom is 0.306 e. The summed E-state index contributed by atoms with van der Waals surface area (Å²) in [5, 5.41) is 0. The molecule has 362 valence electrons. The van der Waals surface area contributed by atoms with Crippen molar-refractivity contribution in [3.8, 4) is 0 Å². The monoisotopic (exact) mass is 871 g/mol. The normalized spacial score (nSPS) is 12.2. The molecule has 0 N–H and O–H groups in total. The van der Waals surface area contributed by atoms with Gasteiger partial charge in [0.1, 0.15) is 13.2 Å². The van der Waals surface area contributed by atoms with Gasteiger partial charge in [0.05, 0.1) is 0 Å². The predicted molar refractivity (Wildman–Crippen MR) is 266 cm³/mol. The maximum absolute atomic E-state index is 12.8. The second-order valence-corrected chi connectivity index (χ2v) is 18.1.